The summed E-state index contributed by atoms with van der Waals surface area (Å²) in [7, 11) is -2.35. The van der Waals surface area contributed by atoms with Crippen molar-refractivity contribution >= 4 is 10.0 Å². The maximum atomic E-state index is 13.0. The largest absolute Gasteiger partial charge is 0.457 e. The third-order valence-electron chi connectivity index (χ3n) is 4.15. The SMILES string of the molecule is Cc1oc(-c2ccno2)cc1S(=O)(=O)N(C)Cc1cc(-c2ccncc2)no1. The van der Waals surface area contributed by atoms with E-state index in [4.69, 9.17) is 13.5 Å². The molecule has 0 bridgehead atoms. The Labute approximate surface area is 160 Å². The third-order valence-corrected chi connectivity index (χ3v) is 6.07. The van der Waals surface area contributed by atoms with Crippen molar-refractivity contribution in [3.8, 4) is 22.8 Å². The van der Waals surface area contributed by atoms with E-state index in [1.165, 1.54) is 23.6 Å². The number of pyridine rings is 1. The van der Waals surface area contributed by atoms with Gasteiger partial charge in [-0.2, -0.15) is 4.31 Å². The molecule has 0 amide bonds. The number of aromatic nitrogens is 3. The first kappa shape index (κ1) is 18.1. The van der Waals surface area contributed by atoms with Gasteiger partial charge in [0.25, 0.3) is 0 Å². The Morgan fingerprint density at radius 3 is 2.54 bits per heavy atom. The van der Waals surface area contributed by atoms with Gasteiger partial charge in [-0.1, -0.05) is 10.3 Å². The van der Waals surface area contributed by atoms with Gasteiger partial charge in [0.1, 0.15) is 16.3 Å². The van der Waals surface area contributed by atoms with Crippen molar-refractivity contribution in [3.05, 3.63) is 60.4 Å². The van der Waals surface area contributed by atoms with E-state index in [-0.39, 0.29) is 17.2 Å². The zero-order valence-corrected chi connectivity index (χ0v) is 15.9. The highest BCUT2D eigenvalue weighted by Crippen LogP contribution is 2.30. The molecule has 0 fully saturated rings. The molecule has 0 saturated carbocycles. The second-order valence-electron chi connectivity index (χ2n) is 6.08. The minimum absolute atomic E-state index is 0.0165. The molecular formula is C18H16N4O5S. The molecule has 0 radical (unpaired) electrons. The lowest BCUT2D eigenvalue weighted by Crippen LogP contribution is -2.26. The summed E-state index contributed by atoms with van der Waals surface area (Å²) in [5, 5.41) is 7.59. The molecule has 0 atom stereocenters. The first-order valence-corrected chi connectivity index (χ1v) is 9.73. The summed E-state index contributed by atoms with van der Waals surface area (Å²) in [6.45, 7) is 1.60. The van der Waals surface area contributed by atoms with E-state index >= 15 is 0 Å². The molecule has 4 aromatic rings. The normalized spacial score (nSPS) is 12.0. The Morgan fingerprint density at radius 2 is 1.82 bits per heavy atom. The lowest BCUT2D eigenvalue weighted by molar-refractivity contribution is 0.344. The number of sulfonamides is 1. The van der Waals surface area contributed by atoms with Crippen LogP contribution in [0.2, 0.25) is 0 Å². The number of rotatable bonds is 6. The van der Waals surface area contributed by atoms with Crippen LogP contribution in [0.5, 0.6) is 0 Å². The second kappa shape index (κ2) is 7.06. The molecule has 0 spiro atoms. The first-order valence-electron chi connectivity index (χ1n) is 8.29. The fourth-order valence-electron chi connectivity index (χ4n) is 2.70. The maximum absolute atomic E-state index is 13.0. The van der Waals surface area contributed by atoms with E-state index in [2.05, 4.69) is 15.3 Å². The van der Waals surface area contributed by atoms with Crippen molar-refractivity contribution < 1.29 is 21.9 Å². The highest BCUT2D eigenvalue weighted by atomic mass is 32.2. The monoisotopic (exact) mass is 400 g/mol. The van der Waals surface area contributed by atoms with E-state index in [1.54, 1.807) is 43.6 Å². The van der Waals surface area contributed by atoms with E-state index in [0.717, 1.165) is 5.56 Å². The Morgan fingerprint density at radius 1 is 1.04 bits per heavy atom. The zero-order chi connectivity index (χ0) is 19.7. The summed E-state index contributed by atoms with van der Waals surface area (Å²) < 4.78 is 42.9. The molecule has 4 rings (SSSR count). The predicted molar refractivity (Wildman–Crippen MR) is 97.3 cm³/mol. The molecule has 0 unspecified atom stereocenters. The molecule has 0 N–H and O–H groups in total. The van der Waals surface area contributed by atoms with E-state index in [1.807, 2.05) is 0 Å². The summed E-state index contributed by atoms with van der Waals surface area (Å²) in [5.74, 6) is 1.31. The molecule has 0 saturated heterocycles. The molecule has 144 valence electrons. The topological polar surface area (TPSA) is 115 Å². The van der Waals surface area contributed by atoms with Gasteiger partial charge in [0.15, 0.2) is 11.5 Å². The van der Waals surface area contributed by atoms with Crippen LogP contribution in [0.3, 0.4) is 0 Å². The van der Waals surface area contributed by atoms with Gasteiger partial charge in [0, 0.05) is 43.2 Å². The summed E-state index contributed by atoms with van der Waals surface area (Å²) in [6, 6.07) is 8.30. The second-order valence-corrected chi connectivity index (χ2v) is 8.10. The number of aryl methyl sites for hydroxylation is 1. The van der Waals surface area contributed by atoms with Crippen LogP contribution >= 0.6 is 0 Å². The van der Waals surface area contributed by atoms with Crippen LogP contribution in [0.4, 0.5) is 0 Å². The van der Waals surface area contributed by atoms with E-state index in [0.29, 0.717) is 23.0 Å². The molecule has 0 aromatic carbocycles. The Kier molecular flexibility index (Phi) is 4.57. The first-order chi connectivity index (χ1) is 13.4. The fraction of sp³-hybridized carbons (Fsp3) is 0.167. The summed E-state index contributed by atoms with van der Waals surface area (Å²) >= 11 is 0. The van der Waals surface area contributed by atoms with Gasteiger partial charge in [-0.05, 0) is 19.1 Å². The minimum atomic E-state index is -3.81. The Hall–Kier alpha value is -3.24. The molecule has 10 heteroatoms. The van der Waals surface area contributed by atoms with Crippen LogP contribution in [-0.2, 0) is 16.6 Å². The van der Waals surface area contributed by atoms with Crippen LogP contribution in [0.15, 0.2) is 67.3 Å². The van der Waals surface area contributed by atoms with Crippen molar-refractivity contribution in [2.24, 2.45) is 0 Å². The number of hydrogen-bond donors (Lipinski definition) is 0. The average molecular weight is 400 g/mol. The molecule has 0 aliphatic rings. The van der Waals surface area contributed by atoms with Gasteiger partial charge >= 0.3 is 0 Å². The third kappa shape index (κ3) is 3.35. The summed E-state index contributed by atoms with van der Waals surface area (Å²) in [6.07, 6.45) is 4.75. The summed E-state index contributed by atoms with van der Waals surface area (Å²) in [5.41, 5.74) is 1.44. The number of furan rings is 1. The maximum Gasteiger partial charge on any atom is 0.246 e. The van der Waals surface area contributed by atoms with Crippen molar-refractivity contribution in [2.75, 3.05) is 7.05 Å². The van der Waals surface area contributed by atoms with Crippen LogP contribution in [-0.4, -0.2) is 35.1 Å². The Balaban J connectivity index is 1.56. The average Bonchev–Trinajstić information content (AvgIpc) is 3.43. The molecule has 0 aliphatic heterocycles. The van der Waals surface area contributed by atoms with Crippen molar-refractivity contribution in [1.29, 1.82) is 0 Å². The van der Waals surface area contributed by atoms with Crippen LogP contribution < -0.4 is 0 Å². The summed E-state index contributed by atoms with van der Waals surface area (Å²) in [4.78, 5) is 4.01. The highest BCUT2D eigenvalue weighted by Gasteiger charge is 2.28. The van der Waals surface area contributed by atoms with Gasteiger partial charge in [0.2, 0.25) is 15.8 Å². The lowest BCUT2D eigenvalue weighted by Gasteiger charge is -2.14. The van der Waals surface area contributed by atoms with Gasteiger partial charge < -0.3 is 13.5 Å². The fourth-order valence-corrected chi connectivity index (χ4v) is 4.00. The predicted octanol–water partition coefficient (Wildman–Crippen LogP) is 3.11. The lowest BCUT2D eigenvalue weighted by atomic mass is 10.2. The standard InChI is InChI=1S/C18H16N4O5S/c1-12-18(10-17(25-12)16-5-8-20-27-16)28(23,24)22(2)11-14-9-15(21-26-14)13-3-6-19-7-4-13/h3-10H,11H2,1-2H3. The van der Waals surface area contributed by atoms with Gasteiger partial charge in [-0.3, -0.25) is 4.98 Å². The van der Waals surface area contributed by atoms with Crippen LogP contribution in [0.25, 0.3) is 22.8 Å². The molecular weight excluding hydrogens is 384 g/mol. The molecule has 0 aliphatic carbocycles. The number of nitrogens with zero attached hydrogens (tertiary/aromatic N) is 4. The van der Waals surface area contributed by atoms with Gasteiger partial charge in [-0.15, -0.1) is 0 Å². The van der Waals surface area contributed by atoms with Gasteiger partial charge in [0.05, 0.1) is 12.7 Å². The van der Waals surface area contributed by atoms with Gasteiger partial charge in [-0.25, -0.2) is 8.42 Å². The van der Waals surface area contributed by atoms with E-state index < -0.39 is 10.0 Å². The van der Waals surface area contributed by atoms with Crippen molar-refractivity contribution in [2.45, 2.75) is 18.4 Å². The molecule has 9 nitrogen and oxygen atoms in total. The minimum Gasteiger partial charge on any atom is -0.457 e. The van der Waals surface area contributed by atoms with Crippen molar-refractivity contribution in [3.63, 3.8) is 0 Å². The zero-order valence-electron chi connectivity index (χ0n) is 15.1. The van der Waals surface area contributed by atoms with Crippen LogP contribution in [0.1, 0.15) is 11.5 Å². The smallest absolute Gasteiger partial charge is 0.246 e. The highest BCUT2D eigenvalue weighted by molar-refractivity contribution is 7.89. The quantitative estimate of drug-likeness (QED) is 0.485. The molecule has 28 heavy (non-hydrogen) atoms. The van der Waals surface area contributed by atoms with Crippen molar-refractivity contribution in [1.82, 2.24) is 19.6 Å². The van der Waals surface area contributed by atoms with Crippen LogP contribution in [0, 0.1) is 6.92 Å². The Bertz CT molecular complexity index is 1180. The molecule has 4 aromatic heterocycles. The molecule has 4 heterocycles. The number of hydrogen-bond acceptors (Lipinski definition) is 8. The van der Waals surface area contributed by atoms with E-state index in [9.17, 15) is 8.42 Å².